The number of hydrogen-bond donors (Lipinski definition) is 8. The van der Waals surface area contributed by atoms with Crippen molar-refractivity contribution in [3.63, 3.8) is 0 Å². The topological polar surface area (TPSA) is 264 Å². The maximum atomic E-state index is 14.0. The van der Waals surface area contributed by atoms with E-state index in [0.717, 1.165) is 38.5 Å². The third kappa shape index (κ3) is 25.8. The SMILES string of the molecule is CCCCCCCCCCCCN(C(=O)CCN1CCOCCOCCN(CCC(=O)N(CCCCCCCCCCCC)[C@@H]2O[C@H](CO)[C@@H](O)[C@H](O)[C@H]2O)CCOCCOCC1)[C@@H]1O[C@H](CO)[C@@H](O)[C@H](O)[C@H]1O. The van der Waals surface area contributed by atoms with Gasteiger partial charge in [0.2, 0.25) is 11.8 Å². The molecule has 8 N–H and O–H groups in total. The average molecular weight is 1070 g/mol. The van der Waals surface area contributed by atoms with Crippen molar-refractivity contribution in [2.75, 3.05) is 118 Å². The zero-order chi connectivity index (χ0) is 53.8. The van der Waals surface area contributed by atoms with Crippen LogP contribution in [0.25, 0.3) is 0 Å². The van der Waals surface area contributed by atoms with E-state index in [1.165, 1.54) is 86.8 Å². The number of aliphatic hydroxyl groups excluding tert-OH is 8. The zero-order valence-electron chi connectivity index (χ0n) is 45.7. The second kappa shape index (κ2) is 41.4. The Morgan fingerprint density at radius 3 is 0.973 bits per heavy atom. The van der Waals surface area contributed by atoms with E-state index in [0.29, 0.717) is 118 Å². The summed E-state index contributed by atoms with van der Waals surface area (Å²) in [6, 6.07) is 0. The Bertz CT molecular complexity index is 1270. The fourth-order valence-corrected chi connectivity index (χ4v) is 9.89. The summed E-state index contributed by atoms with van der Waals surface area (Å²) in [6.45, 7) is 9.42. The van der Waals surface area contributed by atoms with E-state index in [1.807, 2.05) is 0 Å². The van der Waals surface area contributed by atoms with Crippen LogP contribution in [0.1, 0.15) is 155 Å². The second-order valence-electron chi connectivity index (χ2n) is 20.6. The van der Waals surface area contributed by atoms with Gasteiger partial charge in [-0.15, -0.1) is 0 Å². The van der Waals surface area contributed by atoms with Crippen LogP contribution < -0.4 is 0 Å². The number of amides is 2. The van der Waals surface area contributed by atoms with E-state index in [4.69, 9.17) is 28.4 Å². The molecule has 0 unspecified atom stereocenters. The highest BCUT2D eigenvalue weighted by atomic mass is 16.6. The smallest absolute Gasteiger partial charge is 0.225 e. The normalized spacial score (nSPS) is 27.9. The van der Waals surface area contributed by atoms with E-state index in [1.54, 1.807) is 0 Å². The van der Waals surface area contributed by atoms with Crippen molar-refractivity contribution in [2.24, 2.45) is 0 Å². The van der Waals surface area contributed by atoms with E-state index >= 15 is 0 Å². The monoisotopic (exact) mass is 1060 g/mol. The van der Waals surface area contributed by atoms with Gasteiger partial charge in [-0.05, 0) is 12.8 Å². The number of ether oxygens (including phenoxy) is 6. The molecule has 0 saturated carbocycles. The average Bonchev–Trinajstić information content (AvgIpc) is 3.40. The van der Waals surface area contributed by atoms with Crippen LogP contribution >= 0.6 is 0 Å². The molecule has 0 aromatic carbocycles. The van der Waals surface area contributed by atoms with Gasteiger partial charge in [0.05, 0.1) is 66.1 Å². The number of hydrogen-bond acceptors (Lipinski definition) is 18. The van der Waals surface area contributed by atoms with Gasteiger partial charge < -0.3 is 79.1 Å². The summed E-state index contributed by atoms with van der Waals surface area (Å²) in [5, 5.41) is 83.9. The number of rotatable bonds is 32. The number of nitrogens with zero attached hydrogens (tertiary/aromatic N) is 4. The molecule has 74 heavy (non-hydrogen) atoms. The summed E-state index contributed by atoms with van der Waals surface area (Å²) in [4.78, 5) is 35.0. The van der Waals surface area contributed by atoms with Crippen molar-refractivity contribution in [1.29, 1.82) is 0 Å². The quantitative estimate of drug-likeness (QED) is 0.0450. The molecular weight excluding hydrogens is 961 g/mol. The van der Waals surface area contributed by atoms with Crippen LogP contribution in [0.4, 0.5) is 0 Å². The van der Waals surface area contributed by atoms with Gasteiger partial charge in [-0.25, -0.2) is 0 Å². The molecule has 3 aliphatic rings. The Morgan fingerprint density at radius 1 is 0.405 bits per heavy atom. The third-order valence-corrected chi connectivity index (χ3v) is 14.7. The third-order valence-electron chi connectivity index (χ3n) is 14.7. The van der Waals surface area contributed by atoms with Crippen molar-refractivity contribution >= 4 is 11.8 Å². The van der Waals surface area contributed by atoms with Crippen LogP contribution in [-0.2, 0) is 38.0 Å². The number of carbonyl (C=O) groups excluding carboxylic acids is 2. The second-order valence-corrected chi connectivity index (χ2v) is 20.6. The Hall–Kier alpha value is -1.70. The minimum absolute atomic E-state index is 0.0895. The number of aliphatic hydroxyl groups is 8. The summed E-state index contributed by atoms with van der Waals surface area (Å²) in [6.07, 6.45) is 8.35. The summed E-state index contributed by atoms with van der Waals surface area (Å²) in [5.74, 6) is -0.551. The first kappa shape index (κ1) is 66.6. The molecule has 0 aliphatic carbocycles. The molecule has 3 saturated heterocycles. The lowest BCUT2D eigenvalue weighted by Gasteiger charge is -2.44. The highest BCUT2D eigenvalue weighted by Crippen LogP contribution is 2.27. The maximum absolute atomic E-state index is 14.0. The molecule has 10 atom stereocenters. The van der Waals surface area contributed by atoms with E-state index in [2.05, 4.69) is 23.6 Å². The highest BCUT2D eigenvalue weighted by molar-refractivity contribution is 5.77. The van der Waals surface area contributed by atoms with Gasteiger partial charge in [-0.2, -0.15) is 0 Å². The molecule has 436 valence electrons. The van der Waals surface area contributed by atoms with Gasteiger partial charge in [0.1, 0.15) is 48.8 Å². The van der Waals surface area contributed by atoms with Crippen LogP contribution in [0, 0.1) is 0 Å². The summed E-state index contributed by atoms with van der Waals surface area (Å²) >= 11 is 0. The molecule has 3 rings (SSSR count). The molecule has 3 heterocycles. The summed E-state index contributed by atoms with van der Waals surface area (Å²) in [7, 11) is 0. The molecule has 0 aromatic rings. The van der Waals surface area contributed by atoms with Crippen molar-refractivity contribution in [2.45, 2.75) is 216 Å². The molecule has 20 heteroatoms. The molecular formula is C54H104N4O16. The van der Waals surface area contributed by atoms with Crippen LogP contribution in [0.5, 0.6) is 0 Å². The Kier molecular flexibility index (Phi) is 37.2. The van der Waals surface area contributed by atoms with Crippen LogP contribution in [0.2, 0.25) is 0 Å². The molecule has 0 spiro atoms. The standard InChI is InChI=1S/C54H104N4O16/c1-3-5-7-9-11-13-15-17-19-21-25-57(53-51(67)49(65)47(63)43(41-59)73-53)45(61)23-27-55-29-33-69-37-39-71-35-31-56(32-36-72-40-38-70-34-30-55)28-24-46(62)58(26-22-20-18-16-14-12-10-8-6-4-2)54-52(68)50(66)48(64)44(42-60)74-54/h43-44,47-54,59-60,63-68H,3-42H2,1-2H3/t43-,44-,47-,48-,49+,50+,51-,52-,53-,54-/m1/s1. The minimum atomic E-state index is -1.59. The first-order valence-electron chi connectivity index (χ1n) is 28.9. The van der Waals surface area contributed by atoms with E-state index in [-0.39, 0.29) is 24.7 Å². The van der Waals surface area contributed by atoms with Gasteiger partial charge in [0.15, 0.2) is 12.5 Å². The largest absolute Gasteiger partial charge is 0.394 e. The molecule has 20 nitrogen and oxygen atoms in total. The van der Waals surface area contributed by atoms with Crippen molar-refractivity contribution in [3.05, 3.63) is 0 Å². The van der Waals surface area contributed by atoms with Crippen molar-refractivity contribution in [1.82, 2.24) is 19.6 Å². The molecule has 3 fully saturated rings. The van der Waals surface area contributed by atoms with Crippen molar-refractivity contribution in [3.8, 4) is 0 Å². The minimum Gasteiger partial charge on any atom is -0.394 e. The lowest BCUT2D eigenvalue weighted by molar-refractivity contribution is -0.262. The van der Waals surface area contributed by atoms with Gasteiger partial charge in [-0.1, -0.05) is 129 Å². The fraction of sp³-hybridized carbons (Fsp3) is 0.963. The summed E-state index contributed by atoms with van der Waals surface area (Å²) < 4.78 is 35.5. The molecule has 3 aliphatic heterocycles. The number of unbranched alkanes of at least 4 members (excludes halogenated alkanes) is 18. The lowest BCUT2D eigenvalue weighted by Crippen LogP contribution is -2.64. The molecule has 2 amide bonds. The zero-order valence-corrected chi connectivity index (χ0v) is 45.7. The first-order valence-corrected chi connectivity index (χ1v) is 28.9. The Balaban J connectivity index is 1.51. The fourth-order valence-electron chi connectivity index (χ4n) is 9.89. The predicted octanol–water partition coefficient (Wildman–Crippen LogP) is 2.55. The van der Waals surface area contributed by atoms with Gasteiger partial charge >= 0.3 is 0 Å². The predicted molar refractivity (Wildman–Crippen MR) is 280 cm³/mol. The maximum Gasteiger partial charge on any atom is 0.225 e. The summed E-state index contributed by atoms with van der Waals surface area (Å²) in [5.41, 5.74) is 0. The molecule has 0 aromatic heterocycles. The Labute approximate surface area is 443 Å². The van der Waals surface area contributed by atoms with Gasteiger partial charge in [0.25, 0.3) is 0 Å². The van der Waals surface area contributed by atoms with Crippen LogP contribution in [-0.4, -0.2) is 252 Å². The number of carbonyl (C=O) groups is 2. The Morgan fingerprint density at radius 2 is 0.689 bits per heavy atom. The van der Waals surface area contributed by atoms with E-state index < -0.39 is 74.5 Å². The first-order chi connectivity index (χ1) is 36.0. The van der Waals surface area contributed by atoms with Crippen LogP contribution in [0.15, 0.2) is 0 Å². The van der Waals surface area contributed by atoms with Crippen molar-refractivity contribution < 1.29 is 78.9 Å². The molecule has 0 radical (unpaired) electrons. The van der Waals surface area contributed by atoms with Crippen LogP contribution in [0.3, 0.4) is 0 Å². The molecule has 0 bridgehead atoms. The van der Waals surface area contributed by atoms with E-state index in [9.17, 15) is 50.4 Å². The van der Waals surface area contributed by atoms with Gasteiger partial charge in [0, 0.05) is 65.2 Å². The lowest BCUT2D eigenvalue weighted by atomic mass is 9.97. The highest BCUT2D eigenvalue weighted by Gasteiger charge is 2.48. The van der Waals surface area contributed by atoms with Gasteiger partial charge in [-0.3, -0.25) is 19.4 Å².